The van der Waals surface area contributed by atoms with Gasteiger partial charge in [-0.25, -0.2) is 0 Å². The predicted molar refractivity (Wildman–Crippen MR) is 191 cm³/mol. The first-order chi connectivity index (χ1) is 22.7. The Balaban J connectivity index is 1.27. The molecule has 6 rings (SSSR count). The second-order valence-electron chi connectivity index (χ2n) is 11.3. The molecule has 0 radical (unpaired) electrons. The second-order valence-corrected chi connectivity index (χ2v) is 14.1. The van der Waals surface area contributed by atoms with Crippen molar-refractivity contribution in [3.8, 4) is 0 Å². The fourth-order valence-electron chi connectivity index (χ4n) is 6.33. The normalized spacial score (nSPS) is 12.0. The first-order valence-electron chi connectivity index (χ1n) is 15.8. The molecule has 1 N–H and O–H groups in total. The van der Waals surface area contributed by atoms with Crippen LogP contribution in [-0.4, -0.2) is 19.0 Å². The molecule has 0 bridgehead atoms. The summed E-state index contributed by atoms with van der Waals surface area (Å²) in [5, 5.41) is 11.4. The molecule has 0 spiro atoms. The highest BCUT2D eigenvalue weighted by Gasteiger charge is 2.38. The summed E-state index contributed by atoms with van der Waals surface area (Å²) in [7, 11) is -3.58. The SMILES string of the molecule is OB(OCCCC(c1ccccc1)(c1ccccc1)c1ccccc1)OS(Cc1ccccc1)(c1ccccc1)c1ccccc1. The third-order valence-electron chi connectivity index (χ3n) is 8.46. The van der Waals surface area contributed by atoms with E-state index < -0.39 is 17.6 Å². The highest BCUT2D eigenvalue weighted by molar-refractivity contribution is 8.29. The van der Waals surface area contributed by atoms with Crippen molar-refractivity contribution in [3.63, 3.8) is 0 Å². The van der Waals surface area contributed by atoms with Gasteiger partial charge in [-0.15, -0.1) is 0 Å². The van der Waals surface area contributed by atoms with Gasteiger partial charge >= 0.3 is 7.32 Å². The fraction of sp³-hybridized carbons (Fsp3) is 0.122. The Hall–Kier alpha value is -4.39. The molecule has 0 saturated heterocycles. The van der Waals surface area contributed by atoms with E-state index in [9.17, 15) is 5.02 Å². The third kappa shape index (κ3) is 7.04. The van der Waals surface area contributed by atoms with Crippen molar-refractivity contribution in [1.29, 1.82) is 0 Å². The van der Waals surface area contributed by atoms with Crippen LogP contribution in [-0.2, 0) is 19.9 Å². The first-order valence-corrected chi connectivity index (χ1v) is 17.5. The van der Waals surface area contributed by atoms with Crippen molar-refractivity contribution in [2.75, 3.05) is 6.61 Å². The first kappa shape index (κ1) is 31.6. The fourth-order valence-corrected chi connectivity index (χ4v) is 9.42. The molecule has 0 unspecified atom stereocenters. The van der Waals surface area contributed by atoms with Crippen LogP contribution in [0.5, 0.6) is 0 Å². The Morgan fingerprint density at radius 3 is 1.28 bits per heavy atom. The Bertz CT molecular complexity index is 1600. The molecule has 6 aromatic carbocycles. The van der Waals surface area contributed by atoms with Crippen LogP contribution in [0.1, 0.15) is 35.1 Å². The van der Waals surface area contributed by atoms with Crippen molar-refractivity contribution in [1.82, 2.24) is 0 Å². The van der Waals surface area contributed by atoms with Crippen molar-refractivity contribution in [2.45, 2.75) is 33.8 Å². The molecule has 6 aromatic rings. The standard InChI is InChI=1S/C41H39BO3S/c43-42(45-46(39-28-15-5-16-29-39,40-30-17-6-18-31-40)34-35-20-7-1-8-21-35)44-33-19-32-41(36-22-9-2-10-23-36,37-24-11-3-12-25-37)38-26-13-4-14-27-38/h1-18,20-31,43H,19,32-34H2. The third-order valence-corrected chi connectivity index (χ3v) is 11.8. The van der Waals surface area contributed by atoms with E-state index in [4.69, 9.17) is 8.75 Å². The van der Waals surface area contributed by atoms with Gasteiger partial charge in [0.2, 0.25) is 0 Å². The topological polar surface area (TPSA) is 38.7 Å². The maximum absolute atomic E-state index is 11.4. The summed E-state index contributed by atoms with van der Waals surface area (Å²) in [5.41, 5.74) is 4.43. The maximum atomic E-state index is 11.4. The summed E-state index contributed by atoms with van der Waals surface area (Å²) in [6.07, 6.45) is 1.49. The molecule has 0 aliphatic heterocycles. The van der Waals surface area contributed by atoms with Crippen LogP contribution in [0, 0.1) is 0 Å². The summed E-state index contributed by atoms with van der Waals surface area (Å²) in [6, 6.07) is 62.9. The molecule has 0 aliphatic rings. The number of hydrogen-bond acceptors (Lipinski definition) is 3. The molecule has 0 fully saturated rings. The molecule has 0 aliphatic carbocycles. The summed E-state index contributed by atoms with van der Waals surface area (Å²) in [6.45, 7) is 0.333. The van der Waals surface area contributed by atoms with Crippen molar-refractivity contribution in [3.05, 3.63) is 204 Å². The van der Waals surface area contributed by atoms with Crippen LogP contribution in [0.25, 0.3) is 0 Å². The lowest BCUT2D eigenvalue weighted by Gasteiger charge is -2.41. The van der Waals surface area contributed by atoms with E-state index in [1.54, 1.807) is 0 Å². The van der Waals surface area contributed by atoms with Gasteiger partial charge in [-0.3, -0.25) is 0 Å². The number of rotatable bonds is 14. The molecule has 5 heteroatoms. The molecule has 46 heavy (non-hydrogen) atoms. The van der Waals surface area contributed by atoms with Crippen molar-refractivity contribution >= 4 is 17.6 Å². The van der Waals surface area contributed by atoms with Crippen LogP contribution >= 0.6 is 10.3 Å². The summed E-state index contributed by atoms with van der Waals surface area (Å²) >= 11 is 0. The Morgan fingerprint density at radius 2 is 0.870 bits per heavy atom. The average Bonchev–Trinajstić information content (AvgIpc) is 3.14. The van der Waals surface area contributed by atoms with Crippen LogP contribution in [0.15, 0.2) is 192 Å². The van der Waals surface area contributed by atoms with Crippen molar-refractivity contribution < 1.29 is 13.8 Å². The molecular formula is C41H39BO3S. The van der Waals surface area contributed by atoms with Gasteiger partial charge in [0.25, 0.3) is 0 Å². The smallest absolute Gasteiger partial charge is 0.401 e. The second kappa shape index (κ2) is 15.3. The molecule has 0 amide bonds. The number of benzene rings is 6. The van der Waals surface area contributed by atoms with Crippen molar-refractivity contribution in [2.24, 2.45) is 0 Å². The van der Waals surface area contributed by atoms with Gasteiger partial charge in [-0.2, -0.15) is 0 Å². The highest BCUT2D eigenvalue weighted by Crippen LogP contribution is 2.65. The minimum atomic E-state index is -2.18. The predicted octanol–water partition coefficient (Wildman–Crippen LogP) is 9.85. The quantitative estimate of drug-likeness (QED) is 0.0747. The van der Waals surface area contributed by atoms with Gasteiger partial charge in [0, 0.05) is 27.6 Å². The van der Waals surface area contributed by atoms with Gasteiger partial charge in [0.05, 0.1) is 0 Å². The molecule has 3 nitrogen and oxygen atoms in total. The average molecular weight is 623 g/mol. The van der Waals surface area contributed by atoms with Gasteiger partial charge in [-0.1, -0.05) is 168 Å². The summed E-state index contributed by atoms with van der Waals surface area (Å²) in [5.74, 6) is 0.613. The van der Waals surface area contributed by atoms with E-state index in [1.807, 2.05) is 54.6 Å². The maximum Gasteiger partial charge on any atom is 0.647 e. The van der Waals surface area contributed by atoms with Gasteiger partial charge in [-0.05, 0) is 59.4 Å². The molecule has 0 aromatic heterocycles. The van der Waals surface area contributed by atoms with Gasteiger partial charge in [0.15, 0.2) is 0 Å². The van der Waals surface area contributed by atoms with Crippen LogP contribution < -0.4 is 0 Å². The lowest BCUT2D eigenvalue weighted by Crippen LogP contribution is -2.31. The molecule has 0 heterocycles. The van der Waals surface area contributed by atoms with E-state index in [0.717, 1.165) is 21.8 Å². The van der Waals surface area contributed by atoms with Gasteiger partial charge in [0.1, 0.15) is 0 Å². The van der Waals surface area contributed by atoms with Crippen LogP contribution in [0.3, 0.4) is 0 Å². The zero-order chi connectivity index (χ0) is 31.5. The zero-order valence-corrected chi connectivity index (χ0v) is 26.7. The largest absolute Gasteiger partial charge is 0.647 e. The van der Waals surface area contributed by atoms with E-state index in [1.165, 1.54) is 16.7 Å². The lowest BCUT2D eigenvalue weighted by molar-refractivity contribution is 0.193. The Labute approximate surface area is 275 Å². The van der Waals surface area contributed by atoms with E-state index in [0.29, 0.717) is 18.8 Å². The summed E-state index contributed by atoms with van der Waals surface area (Å²) < 4.78 is 12.9. The molecule has 230 valence electrons. The Kier molecular flexibility index (Phi) is 10.5. The minimum absolute atomic E-state index is 0.333. The van der Waals surface area contributed by atoms with E-state index >= 15 is 0 Å². The Morgan fingerprint density at radius 1 is 0.500 bits per heavy atom. The van der Waals surface area contributed by atoms with E-state index in [2.05, 4.69) is 127 Å². The van der Waals surface area contributed by atoms with E-state index in [-0.39, 0.29) is 5.41 Å². The summed E-state index contributed by atoms with van der Waals surface area (Å²) in [4.78, 5) is 2.06. The van der Waals surface area contributed by atoms with Crippen LogP contribution in [0.2, 0.25) is 0 Å². The van der Waals surface area contributed by atoms with Gasteiger partial charge < -0.3 is 13.8 Å². The van der Waals surface area contributed by atoms with Crippen LogP contribution in [0.4, 0.5) is 0 Å². The molecular weight excluding hydrogens is 583 g/mol. The molecule has 0 saturated carbocycles. The minimum Gasteiger partial charge on any atom is -0.401 e. The monoisotopic (exact) mass is 622 g/mol. The number of hydrogen-bond donors (Lipinski definition) is 1. The molecule has 0 atom stereocenters. The highest BCUT2D eigenvalue weighted by atomic mass is 32.3. The zero-order valence-electron chi connectivity index (χ0n) is 25.9. The lowest BCUT2D eigenvalue weighted by atomic mass is 9.67.